The molecule has 3 aliphatic rings. The van der Waals surface area contributed by atoms with Crippen molar-refractivity contribution in [3.8, 4) is 0 Å². The Balaban J connectivity index is 1.49. The first-order chi connectivity index (χ1) is 9.03. The maximum Gasteiger partial charge on any atom is 0.137 e. The molecule has 3 fully saturated rings. The van der Waals surface area contributed by atoms with E-state index in [9.17, 15) is 4.79 Å². The largest absolute Gasteiger partial charge is 0.300 e. The van der Waals surface area contributed by atoms with E-state index in [1.54, 1.807) is 0 Å². The number of carbonyl (C=O) groups excluding carboxylic acids is 1. The van der Waals surface area contributed by atoms with Crippen LogP contribution in [0.1, 0.15) is 46.0 Å². The highest BCUT2D eigenvalue weighted by Crippen LogP contribution is 2.37. The second kappa shape index (κ2) is 5.17. The zero-order valence-corrected chi connectivity index (χ0v) is 12.5. The van der Waals surface area contributed by atoms with Crippen LogP contribution in [-0.4, -0.2) is 54.3 Å². The van der Waals surface area contributed by atoms with Crippen molar-refractivity contribution in [1.82, 2.24) is 9.80 Å². The van der Waals surface area contributed by atoms with E-state index in [1.807, 2.05) is 0 Å². The van der Waals surface area contributed by atoms with Gasteiger partial charge in [0.25, 0.3) is 0 Å². The first kappa shape index (κ1) is 13.6. The molecule has 0 radical (unpaired) electrons. The number of hydrogen-bond acceptors (Lipinski definition) is 3. The summed E-state index contributed by atoms with van der Waals surface area (Å²) in [5.74, 6) is 0.820. The average molecular weight is 264 g/mol. The van der Waals surface area contributed by atoms with Gasteiger partial charge in [-0.05, 0) is 31.1 Å². The fraction of sp³-hybridized carbons (Fsp3) is 0.938. The Morgan fingerprint density at radius 2 is 1.84 bits per heavy atom. The molecule has 108 valence electrons. The number of Topliss-reactive ketones (excluding diaryl/α,β-unsaturated/α-hetero) is 1. The van der Waals surface area contributed by atoms with E-state index < -0.39 is 0 Å². The molecule has 0 aromatic heterocycles. The zero-order chi connectivity index (χ0) is 13.5. The minimum absolute atomic E-state index is 0.302. The van der Waals surface area contributed by atoms with E-state index in [0.29, 0.717) is 17.1 Å². The minimum Gasteiger partial charge on any atom is -0.300 e. The molecular weight excluding hydrogens is 236 g/mol. The normalized spacial score (nSPS) is 33.6. The van der Waals surface area contributed by atoms with Gasteiger partial charge in [-0.15, -0.1) is 0 Å². The summed E-state index contributed by atoms with van der Waals surface area (Å²) in [6, 6.07) is 0.900. The van der Waals surface area contributed by atoms with Crippen LogP contribution in [-0.2, 0) is 4.79 Å². The molecule has 1 unspecified atom stereocenters. The Labute approximate surface area is 117 Å². The lowest BCUT2D eigenvalue weighted by Gasteiger charge is -2.40. The van der Waals surface area contributed by atoms with Crippen LogP contribution in [0.2, 0.25) is 0 Å². The van der Waals surface area contributed by atoms with Crippen molar-refractivity contribution in [3.05, 3.63) is 0 Å². The van der Waals surface area contributed by atoms with E-state index in [0.717, 1.165) is 31.8 Å². The van der Waals surface area contributed by atoms with Crippen molar-refractivity contribution < 1.29 is 4.79 Å². The molecule has 3 nitrogen and oxygen atoms in total. The molecule has 2 saturated carbocycles. The lowest BCUT2D eigenvalue weighted by atomic mass is 9.71. The summed E-state index contributed by atoms with van der Waals surface area (Å²) >= 11 is 0. The zero-order valence-electron chi connectivity index (χ0n) is 12.5. The highest BCUT2D eigenvalue weighted by molar-refractivity contribution is 5.82. The highest BCUT2D eigenvalue weighted by atomic mass is 16.1. The van der Waals surface area contributed by atoms with Crippen LogP contribution in [0.25, 0.3) is 0 Å². The van der Waals surface area contributed by atoms with Crippen molar-refractivity contribution in [2.24, 2.45) is 11.3 Å². The van der Waals surface area contributed by atoms with Crippen LogP contribution in [0.5, 0.6) is 0 Å². The number of ketones is 1. The second-order valence-corrected chi connectivity index (χ2v) is 7.60. The van der Waals surface area contributed by atoms with Gasteiger partial charge in [0.15, 0.2) is 0 Å². The van der Waals surface area contributed by atoms with Gasteiger partial charge in [-0.1, -0.05) is 13.8 Å². The van der Waals surface area contributed by atoms with Crippen LogP contribution in [0.15, 0.2) is 0 Å². The van der Waals surface area contributed by atoms with Gasteiger partial charge in [-0.25, -0.2) is 0 Å². The summed E-state index contributed by atoms with van der Waals surface area (Å²) in [5.41, 5.74) is 0.369. The third-order valence-electron chi connectivity index (χ3n) is 5.25. The molecule has 0 aromatic carbocycles. The van der Waals surface area contributed by atoms with Gasteiger partial charge in [0.2, 0.25) is 0 Å². The molecule has 1 heterocycles. The fourth-order valence-electron chi connectivity index (χ4n) is 3.78. The quantitative estimate of drug-likeness (QED) is 0.780. The van der Waals surface area contributed by atoms with Crippen molar-refractivity contribution in [3.63, 3.8) is 0 Å². The van der Waals surface area contributed by atoms with Crippen molar-refractivity contribution in [2.75, 3.05) is 32.7 Å². The van der Waals surface area contributed by atoms with Gasteiger partial charge in [0.1, 0.15) is 5.78 Å². The number of carbonyl (C=O) groups is 1. The molecule has 0 spiro atoms. The van der Waals surface area contributed by atoms with Gasteiger partial charge in [-0.3, -0.25) is 9.69 Å². The van der Waals surface area contributed by atoms with Crippen molar-refractivity contribution >= 4 is 5.78 Å². The van der Waals surface area contributed by atoms with E-state index in [-0.39, 0.29) is 0 Å². The Hall–Kier alpha value is -0.410. The van der Waals surface area contributed by atoms with Gasteiger partial charge >= 0.3 is 0 Å². The molecule has 0 bridgehead atoms. The number of piperazine rings is 1. The van der Waals surface area contributed by atoms with Crippen LogP contribution >= 0.6 is 0 Å². The van der Waals surface area contributed by atoms with E-state index in [1.165, 1.54) is 39.0 Å². The van der Waals surface area contributed by atoms with E-state index in [4.69, 9.17) is 0 Å². The average Bonchev–Trinajstić information content (AvgIpc) is 3.19. The molecule has 0 aromatic rings. The van der Waals surface area contributed by atoms with Gasteiger partial charge in [0.05, 0.1) is 0 Å². The monoisotopic (exact) mass is 264 g/mol. The summed E-state index contributed by atoms with van der Waals surface area (Å²) in [4.78, 5) is 17.3. The molecular formula is C16H28N2O. The van der Waals surface area contributed by atoms with Gasteiger partial charge < -0.3 is 4.90 Å². The first-order valence-electron chi connectivity index (χ1n) is 8.03. The van der Waals surface area contributed by atoms with Crippen LogP contribution in [0.3, 0.4) is 0 Å². The molecule has 3 rings (SSSR count). The summed E-state index contributed by atoms with van der Waals surface area (Å²) < 4.78 is 0. The summed E-state index contributed by atoms with van der Waals surface area (Å²) in [7, 11) is 0. The van der Waals surface area contributed by atoms with E-state index in [2.05, 4.69) is 23.6 Å². The standard InChI is InChI=1S/C16H28N2O/c1-16(2)6-5-15(19)13(11-16)12-17-7-9-18(10-8-17)14-3-4-14/h13-14H,3-12H2,1-2H3. The predicted molar refractivity (Wildman–Crippen MR) is 77.2 cm³/mol. The minimum atomic E-state index is 0.302. The Morgan fingerprint density at radius 1 is 1.16 bits per heavy atom. The molecule has 0 amide bonds. The SMILES string of the molecule is CC1(C)CCC(=O)C(CN2CCN(C3CC3)CC2)C1. The van der Waals surface area contributed by atoms with Crippen molar-refractivity contribution in [1.29, 1.82) is 0 Å². The third-order valence-corrected chi connectivity index (χ3v) is 5.25. The molecule has 0 N–H and O–H groups in total. The number of nitrogens with zero attached hydrogens (tertiary/aromatic N) is 2. The van der Waals surface area contributed by atoms with Crippen LogP contribution < -0.4 is 0 Å². The lowest BCUT2D eigenvalue weighted by Crippen LogP contribution is -2.49. The smallest absolute Gasteiger partial charge is 0.137 e. The summed E-state index contributed by atoms with van der Waals surface area (Å²) in [6.07, 6.45) is 5.80. The van der Waals surface area contributed by atoms with Gasteiger partial charge in [-0.2, -0.15) is 0 Å². The summed E-state index contributed by atoms with van der Waals surface area (Å²) in [6.45, 7) is 10.4. The topological polar surface area (TPSA) is 23.6 Å². The second-order valence-electron chi connectivity index (χ2n) is 7.60. The van der Waals surface area contributed by atoms with Crippen LogP contribution in [0, 0.1) is 11.3 Å². The maximum absolute atomic E-state index is 12.1. The van der Waals surface area contributed by atoms with Gasteiger partial charge in [0, 0.05) is 51.1 Å². The Morgan fingerprint density at radius 3 is 2.47 bits per heavy atom. The molecule has 3 heteroatoms. The lowest BCUT2D eigenvalue weighted by molar-refractivity contribution is -0.128. The highest BCUT2D eigenvalue weighted by Gasteiger charge is 2.36. The number of hydrogen-bond donors (Lipinski definition) is 0. The molecule has 1 aliphatic heterocycles. The van der Waals surface area contributed by atoms with Crippen molar-refractivity contribution in [2.45, 2.75) is 52.0 Å². The maximum atomic E-state index is 12.1. The molecule has 1 saturated heterocycles. The third kappa shape index (κ3) is 3.38. The Kier molecular flexibility index (Phi) is 3.69. The molecule has 1 atom stereocenters. The Bertz CT molecular complexity index is 341. The fourth-order valence-corrected chi connectivity index (χ4v) is 3.78. The summed E-state index contributed by atoms with van der Waals surface area (Å²) in [5, 5.41) is 0. The number of rotatable bonds is 3. The molecule has 19 heavy (non-hydrogen) atoms. The molecule has 2 aliphatic carbocycles. The van der Waals surface area contributed by atoms with E-state index >= 15 is 0 Å². The van der Waals surface area contributed by atoms with Crippen LogP contribution in [0.4, 0.5) is 0 Å². The predicted octanol–water partition coefficient (Wildman–Crippen LogP) is 2.16. The first-order valence-corrected chi connectivity index (χ1v) is 8.03.